The van der Waals surface area contributed by atoms with Gasteiger partial charge in [0.15, 0.2) is 0 Å². The Kier molecular flexibility index (Phi) is 4.18. The van der Waals surface area contributed by atoms with E-state index in [1.54, 1.807) is 18.5 Å². The van der Waals surface area contributed by atoms with Crippen molar-refractivity contribution in [1.29, 1.82) is 0 Å². The van der Waals surface area contributed by atoms with E-state index in [9.17, 15) is 0 Å². The van der Waals surface area contributed by atoms with Crippen LogP contribution in [0.4, 0.5) is 11.5 Å². The molecule has 0 bridgehead atoms. The van der Waals surface area contributed by atoms with Crippen LogP contribution in [-0.2, 0) is 6.54 Å². The Morgan fingerprint density at radius 3 is 2.63 bits per heavy atom. The molecule has 0 saturated heterocycles. The summed E-state index contributed by atoms with van der Waals surface area (Å²) in [5.41, 5.74) is 7.50. The lowest BCUT2D eigenvalue weighted by molar-refractivity contribution is 0.234. The number of nitrogen functional groups attached to an aromatic ring is 1. The summed E-state index contributed by atoms with van der Waals surface area (Å²) in [5.74, 6) is 1.20. The molecule has 0 aliphatic heterocycles. The van der Waals surface area contributed by atoms with Gasteiger partial charge in [-0.25, -0.2) is 0 Å². The Bertz CT molecular complexity index is 528. The monoisotopic (exact) mass is 258 g/mol. The van der Waals surface area contributed by atoms with E-state index in [1.807, 2.05) is 32.0 Å². The van der Waals surface area contributed by atoms with Crippen molar-refractivity contribution in [3.63, 3.8) is 0 Å². The third-order valence-electron chi connectivity index (χ3n) is 2.46. The lowest BCUT2D eigenvalue weighted by Gasteiger charge is -2.13. The van der Waals surface area contributed by atoms with E-state index in [-0.39, 0.29) is 6.10 Å². The molecule has 100 valence electrons. The van der Waals surface area contributed by atoms with Crippen molar-refractivity contribution in [2.45, 2.75) is 26.5 Å². The Morgan fingerprint density at radius 1 is 1.21 bits per heavy atom. The van der Waals surface area contributed by atoms with Crippen molar-refractivity contribution in [1.82, 2.24) is 9.97 Å². The molecule has 0 aliphatic rings. The molecule has 3 N–H and O–H groups in total. The van der Waals surface area contributed by atoms with E-state index in [1.165, 1.54) is 0 Å². The minimum atomic E-state index is 0.0465. The van der Waals surface area contributed by atoms with Gasteiger partial charge in [0.2, 0.25) is 5.88 Å². The van der Waals surface area contributed by atoms with E-state index in [0.29, 0.717) is 18.1 Å². The maximum absolute atomic E-state index is 5.82. The standard InChI is InChI=1S/C14H18N4O/c1-10(2)19-14-12(15)3-4-13(18-14)17-9-11-5-7-16-8-6-11/h3-8,10H,9,15H2,1-2H3,(H,17,18). The van der Waals surface area contributed by atoms with Gasteiger partial charge in [-0.2, -0.15) is 4.98 Å². The van der Waals surface area contributed by atoms with Gasteiger partial charge in [0.25, 0.3) is 0 Å². The minimum absolute atomic E-state index is 0.0465. The topological polar surface area (TPSA) is 73.1 Å². The average molecular weight is 258 g/mol. The van der Waals surface area contributed by atoms with Gasteiger partial charge in [0, 0.05) is 18.9 Å². The highest BCUT2D eigenvalue weighted by molar-refractivity contribution is 5.53. The second-order valence-corrected chi connectivity index (χ2v) is 4.47. The normalized spacial score (nSPS) is 10.5. The fourth-order valence-corrected chi connectivity index (χ4v) is 1.56. The van der Waals surface area contributed by atoms with Crippen molar-refractivity contribution < 1.29 is 4.74 Å². The van der Waals surface area contributed by atoms with Gasteiger partial charge in [0.1, 0.15) is 5.82 Å². The largest absolute Gasteiger partial charge is 0.473 e. The zero-order chi connectivity index (χ0) is 13.7. The number of hydrogen-bond acceptors (Lipinski definition) is 5. The van der Waals surface area contributed by atoms with Crippen molar-refractivity contribution in [3.05, 3.63) is 42.2 Å². The summed E-state index contributed by atoms with van der Waals surface area (Å²) < 4.78 is 5.55. The summed E-state index contributed by atoms with van der Waals surface area (Å²) in [7, 11) is 0. The maximum atomic E-state index is 5.82. The molecule has 0 spiro atoms. The van der Waals surface area contributed by atoms with Crippen LogP contribution in [-0.4, -0.2) is 16.1 Å². The molecule has 2 heterocycles. The van der Waals surface area contributed by atoms with E-state index >= 15 is 0 Å². The molecule has 0 aromatic carbocycles. The van der Waals surface area contributed by atoms with Gasteiger partial charge in [-0.3, -0.25) is 4.98 Å². The highest BCUT2D eigenvalue weighted by Crippen LogP contribution is 2.22. The molecule has 0 saturated carbocycles. The zero-order valence-electron chi connectivity index (χ0n) is 11.1. The summed E-state index contributed by atoms with van der Waals surface area (Å²) >= 11 is 0. The SMILES string of the molecule is CC(C)Oc1nc(NCc2ccncc2)ccc1N. The molecule has 2 rings (SSSR count). The molecule has 2 aromatic heterocycles. The van der Waals surface area contributed by atoms with Crippen LogP contribution >= 0.6 is 0 Å². The van der Waals surface area contributed by atoms with E-state index in [2.05, 4.69) is 15.3 Å². The molecule has 19 heavy (non-hydrogen) atoms. The Morgan fingerprint density at radius 2 is 1.95 bits per heavy atom. The fourth-order valence-electron chi connectivity index (χ4n) is 1.56. The van der Waals surface area contributed by atoms with Crippen LogP contribution in [0.5, 0.6) is 5.88 Å². The van der Waals surface area contributed by atoms with Crippen molar-refractivity contribution in [3.8, 4) is 5.88 Å². The number of anilines is 2. The number of aromatic nitrogens is 2. The Hall–Kier alpha value is -2.30. The second kappa shape index (κ2) is 6.04. The minimum Gasteiger partial charge on any atom is -0.473 e. The summed E-state index contributed by atoms with van der Waals surface area (Å²) in [5, 5.41) is 3.23. The summed E-state index contributed by atoms with van der Waals surface area (Å²) in [6.45, 7) is 4.57. The van der Waals surface area contributed by atoms with E-state index in [4.69, 9.17) is 10.5 Å². The number of nitrogens with two attached hydrogens (primary N) is 1. The molecule has 0 amide bonds. The van der Waals surface area contributed by atoms with Gasteiger partial charge < -0.3 is 15.8 Å². The Labute approximate surface area is 112 Å². The Balaban J connectivity index is 2.04. The fraction of sp³-hybridized carbons (Fsp3) is 0.286. The zero-order valence-corrected chi connectivity index (χ0v) is 11.1. The van der Waals surface area contributed by atoms with Crippen LogP contribution in [0.1, 0.15) is 19.4 Å². The average Bonchev–Trinajstić information content (AvgIpc) is 2.40. The maximum Gasteiger partial charge on any atom is 0.239 e. The van der Waals surface area contributed by atoms with Crippen LogP contribution in [0, 0.1) is 0 Å². The first-order valence-corrected chi connectivity index (χ1v) is 6.21. The predicted molar refractivity (Wildman–Crippen MR) is 76.0 cm³/mol. The number of nitrogens with zero attached hydrogens (tertiary/aromatic N) is 2. The van der Waals surface area contributed by atoms with Crippen molar-refractivity contribution >= 4 is 11.5 Å². The predicted octanol–water partition coefficient (Wildman–Crippen LogP) is 2.46. The van der Waals surface area contributed by atoms with Gasteiger partial charge in [0.05, 0.1) is 11.8 Å². The molecular formula is C14H18N4O. The van der Waals surface area contributed by atoms with Crippen LogP contribution < -0.4 is 15.8 Å². The van der Waals surface area contributed by atoms with Crippen LogP contribution in [0.3, 0.4) is 0 Å². The number of pyridine rings is 2. The summed E-state index contributed by atoms with van der Waals surface area (Å²) in [6.07, 6.45) is 3.58. The summed E-state index contributed by atoms with van der Waals surface area (Å²) in [4.78, 5) is 8.33. The highest BCUT2D eigenvalue weighted by atomic mass is 16.5. The van der Waals surface area contributed by atoms with Crippen LogP contribution in [0.15, 0.2) is 36.7 Å². The molecular weight excluding hydrogens is 240 g/mol. The first-order chi connectivity index (χ1) is 9.15. The molecule has 0 aliphatic carbocycles. The molecule has 0 unspecified atom stereocenters. The summed E-state index contributed by atoms with van der Waals surface area (Å²) in [6, 6.07) is 7.54. The number of rotatable bonds is 5. The number of hydrogen-bond donors (Lipinski definition) is 2. The van der Waals surface area contributed by atoms with Crippen molar-refractivity contribution in [2.75, 3.05) is 11.1 Å². The number of ether oxygens (including phenoxy) is 1. The van der Waals surface area contributed by atoms with Gasteiger partial charge in [-0.05, 0) is 43.7 Å². The first kappa shape index (κ1) is 13.1. The van der Waals surface area contributed by atoms with Crippen molar-refractivity contribution in [2.24, 2.45) is 0 Å². The molecule has 2 aromatic rings. The van der Waals surface area contributed by atoms with Crippen LogP contribution in [0.2, 0.25) is 0 Å². The van der Waals surface area contributed by atoms with Crippen LogP contribution in [0.25, 0.3) is 0 Å². The first-order valence-electron chi connectivity index (χ1n) is 6.21. The second-order valence-electron chi connectivity index (χ2n) is 4.47. The quantitative estimate of drug-likeness (QED) is 0.861. The van der Waals surface area contributed by atoms with E-state index < -0.39 is 0 Å². The molecule has 0 radical (unpaired) electrons. The lowest BCUT2D eigenvalue weighted by atomic mass is 10.3. The van der Waals surface area contributed by atoms with Gasteiger partial charge in [-0.15, -0.1) is 0 Å². The molecule has 0 fully saturated rings. The highest BCUT2D eigenvalue weighted by Gasteiger charge is 2.06. The van der Waals surface area contributed by atoms with Gasteiger partial charge >= 0.3 is 0 Å². The third-order valence-corrected chi connectivity index (χ3v) is 2.46. The van der Waals surface area contributed by atoms with E-state index in [0.717, 1.165) is 11.4 Å². The third kappa shape index (κ3) is 3.84. The lowest BCUT2D eigenvalue weighted by Crippen LogP contribution is -2.10. The smallest absolute Gasteiger partial charge is 0.239 e. The van der Waals surface area contributed by atoms with Gasteiger partial charge in [-0.1, -0.05) is 0 Å². The molecule has 5 nitrogen and oxygen atoms in total. The molecule has 0 atom stereocenters. The number of nitrogens with one attached hydrogen (secondary N) is 1. The molecule has 5 heteroatoms.